The van der Waals surface area contributed by atoms with E-state index in [9.17, 15) is 9.59 Å². The van der Waals surface area contributed by atoms with Crippen molar-refractivity contribution in [3.05, 3.63) is 81.2 Å². The quantitative estimate of drug-likeness (QED) is 0.344. The Hall–Kier alpha value is -2.57. The molecule has 31 heavy (non-hydrogen) atoms. The minimum absolute atomic E-state index is 0.126. The first-order valence-corrected chi connectivity index (χ1v) is 11.7. The molecule has 0 aliphatic carbocycles. The second-order valence-electron chi connectivity index (χ2n) is 7.42. The van der Waals surface area contributed by atoms with E-state index < -0.39 is 0 Å². The summed E-state index contributed by atoms with van der Waals surface area (Å²) < 4.78 is 7.17. The molecule has 1 aliphatic rings. The molecule has 3 aromatic rings. The Morgan fingerprint density at radius 2 is 1.81 bits per heavy atom. The van der Waals surface area contributed by atoms with Crippen molar-refractivity contribution in [2.75, 3.05) is 0 Å². The molecule has 4 nitrogen and oxygen atoms in total. The Kier molecular flexibility index (Phi) is 6.49. The van der Waals surface area contributed by atoms with Crippen LogP contribution in [0.3, 0.4) is 0 Å². The van der Waals surface area contributed by atoms with Crippen molar-refractivity contribution < 1.29 is 14.3 Å². The van der Waals surface area contributed by atoms with E-state index in [4.69, 9.17) is 4.74 Å². The van der Waals surface area contributed by atoms with Crippen molar-refractivity contribution >= 4 is 55.7 Å². The number of carbonyl (C=O) groups excluding carboxylic acids is 2. The van der Waals surface area contributed by atoms with Gasteiger partial charge in [0.1, 0.15) is 12.4 Å². The molecule has 1 saturated heterocycles. The lowest BCUT2D eigenvalue weighted by Crippen LogP contribution is -2.36. The van der Waals surface area contributed by atoms with Crippen LogP contribution in [0.25, 0.3) is 16.8 Å². The number of thioether (sulfide) groups is 1. The molecule has 1 aliphatic heterocycles. The van der Waals surface area contributed by atoms with Crippen molar-refractivity contribution in [2.24, 2.45) is 0 Å². The normalized spacial score (nSPS) is 16.4. The fourth-order valence-corrected chi connectivity index (χ4v) is 4.64. The van der Waals surface area contributed by atoms with E-state index in [2.05, 4.69) is 15.9 Å². The topological polar surface area (TPSA) is 46.6 Å². The fourth-order valence-electron chi connectivity index (χ4n) is 3.47. The van der Waals surface area contributed by atoms with Gasteiger partial charge in [0.15, 0.2) is 0 Å². The number of rotatable bonds is 6. The van der Waals surface area contributed by atoms with Crippen LogP contribution in [0.1, 0.15) is 31.4 Å². The van der Waals surface area contributed by atoms with Gasteiger partial charge in [0.05, 0.1) is 4.91 Å². The molecular weight excluding hydrogens is 474 g/mol. The highest BCUT2D eigenvalue weighted by Gasteiger charge is 2.37. The van der Waals surface area contributed by atoms with Crippen LogP contribution in [-0.2, 0) is 11.4 Å². The third kappa shape index (κ3) is 4.55. The van der Waals surface area contributed by atoms with E-state index in [0.717, 1.165) is 44.6 Å². The average molecular weight is 496 g/mol. The first kappa shape index (κ1) is 21.7. The Morgan fingerprint density at radius 1 is 1.06 bits per heavy atom. The summed E-state index contributed by atoms with van der Waals surface area (Å²) in [7, 11) is 0. The van der Waals surface area contributed by atoms with Crippen molar-refractivity contribution in [3.8, 4) is 5.75 Å². The highest BCUT2D eigenvalue weighted by molar-refractivity contribution is 9.10. The molecule has 0 unspecified atom stereocenters. The number of fused-ring (bicyclic) bond motifs is 1. The zero-order valence-electron chi connectivity index (χ0n) is 17.3. The molecule has 4 rings (SSSR count). The summed E-state index contributed by atoms with van der Waals surface area (Å²) in [5, 5.41) is 1.81. The maximum absolute atomic E-state index is 12.9. The van der Waals surface area contributed by atoms with E-state index >= 15 is 0 Å². The monoisotopic (exact) mass is 495 g/mol. The van der Waals surface area contributed by atoms with Crippen LogP contribution in [0, 0.1) is 0 Å². The highest BCUT2D eigenvalue weighted by Crippen LogP contribution is 2.38. The van der Waals surface area contributed by atoms with Gasteiger partial charge in [0.25, 0.3) is 11.1 Å². The first-order chi connectivity index (χ1) is 15.0. The third-order valence-corrected chi connectivity index (χ3v) is 6.78. The largest absolute Gasteiger partial charge is 0.488 e. The highest BCUT2D eigenvalue weighted by atomic mass is 79.9. The number of ether oxygens (including phenoxy) is 1. The van der Waals surface area contributed by atoms with Gasteiger partial charge in [-0.2, -0.15) is 0 Å². The van der Waals surface area contributed by atoms with Gasteiger partial charge >= 0.3 is 0 Å². The molecule has 1 fully saturated rings. The summed E-state index contributed by atoms with van der Waals surface area (Å²) in [4.78, 5) is 27.2. The predicted molar refractivity (Wildman–Crippen MR) is 130 cm³/mol. The van der Waals surface area contributed by atoms with Crippen molar-refractivity contribution in [3.63, 3.8) is 0 Å². The molecule has 2 amide bonds. The van der Waals surface area contributed by atoms with E-state index in [-0.39, 0.29) is 17.2 Å². The summed E-state index contributed by atoms with van der Waals surface area (Å²) >= 11 is 4.44. The van der Waals surface area contributed by atoms with Gasteiger partial charge in [-0.1, -0.05) is 65.3 Å². The van der Waals surface area contributed by atoms with Crippen LogP contribution in [0.4, 0.5) is 4.79 Å². The zero-order chi connectivity index (χ0) is 22.0. The van der Waals surface area contributed by atoms with Gasteiger partial charge < -0.3 is 4.74 Å². The molecule has 1 heterocycles. The van der Waals surface area contributed by atoms with E-state index in [1.165, 1.54) is 4.90 Å². The predicted octanol–water partition coefficient (Wildman–Crippen LogP) is 7.02. The zero-order valence-corrected chi connectivity index (χ0v) is 19.7. The summed E-state index contributed by atoms with van der Waals surface area (Å²) in [6.45, 7) is 4.27. The molecule has 0 spiro atoms. The van der Waals surface area contributed by atoms with Crippen LogP contribution in [-0.4, -0.2) is 22.1 Å². The molecular formula is C25H22BrNO3S. The SMILES string of the molecule is CC[C@@H](C)N1C(=O)S/C(=C/c2c(OCc3ccc(Br)cc3)ccc3ccccc23)C1=O. The number of amides is 2. The lowest BCUT2D eigenvalue weighted by atomic mass is 10.0. The standard InChI is InChI=1S/C25H22BrNO3S/c1-3-16(2)27-24(28)23(31-25(27)29)14-21-20-7-5-4-6-18(20)10-13-22(21)30-15-17-8-11-19(26)12-9-17/h4-14,16H,3,15H2,1-2H3/b23-14+/t16-/m1/s1. The lowest BCUT2D eigenvalue weighted by Gasteiger charge is -2.19. The van der Waals surface area contributed by atoms with Gasteiger partial charge in [-0.25, -0.2) is 0 Å². The summed E-state index contributed by atoms with van der Waals surface area (Å²) in [5.41, 5.74) is 1.85. The summed E-state index contributed by atoms with van der Waals surface area (Å²) in [6, 6.07) is 19.7. The Balaban J connectivity index is 1.72. The Bertz CT molecular complexity index is 1170. The summed E-state index contributed by atoms with van der Waals surface area (Å²) in [6.07, 6.45) is 2.52. The molecule has 1 atom stereocenters. The fraction of sp³-hybridized carbons (Fsp3) is 0.200. The Morgan fingerprint density at radius 3 is 2.55 bits per heavy atom. The minimum atomic E-state index is -0.240. The second-order valence-corrected chi connectivity index (χ2v) is 9.33. The van der Waals surface area contributed by atoms with E-state index in [1.54, 1.807) is 6.08 Å². The van der Waals surface area contributed by atoms with Gasteiger partial charge in [-0.15, -0.1) is 0 Å². The molecule has 6 heteroatoms. The van der Waals surface area contributed by atoms with Gasteiger partial charge in [-0.05, 0) is 65.7 Å². The first-order valence-electron chi connectivity index (χ1n) is 10.1. The molecule has 158 valence electrons. The third-order valence-electron chi connectivity index (χ3n) is 5.37. The average Bonchev–Trinajstić information content (AvgIpc) is 3.06. The number of benzene rings is 3. The number of hydrogen-bond acceptors (Lipinski definition) is 4. The molecule has 0 aromatic heterocycles. The second kappa shape index (κ2) is 9.28. The number of halogens is 1. The van der Waals surface area contributed by atoms with Crippen molar-refractivity contribution in [2.45, 2.75) is 32.9 Å². The summed E-state index contributed by atoms with van der Waals surface area (Å²) in [5.74, 6) is 0.438. The van der Waals surface area contributed by atoms with Gasteiger partial charge in [-0.3, -0.25) is 14.5 Å². The molecule has 0 N–H and O–H groups in total. The van der Waals surface area contributed by atoms with Crippen LogP contribution in [0.15, 0.2) is 70.0 Å². The minimum Gasteiger partial charge on any atom is -0.488 e. The smallest absolute Gasteiger partial charge is 0.293 e. The van der Waals surface area contributed by atoms with E-state index in [0.29, 0.717) is 17.3 Å². The van der Waals surface area contributed by atoms with Crippen molar-refractivity contribution in [1.82, 2.24) is 4.90 Å². The number of carbonyl (C=O) groups is 2. The van der Waals surface area contributed by atoms with Crippen LogP contribution in [0.5, 0.6) is 5.75 Å². The Labute approximate surface area is 194 Å². The maximum Gasteiger partial charge on any atom is 0.293 e. The molecule has 0 radical (unpaired) electrons. The number of hydrogen-bond donors (Lipinski definition) is 0. The number of imide groups is 1. The van der Waals surface area contributed by atoms with E-state index in [1.807, 2.05) is 74.5 Å². The van der Waals surface area contributed by atoms with Crippen LogP contribution < -0.4 is 4.74 Å². The molecule has 3 aromatic carbocycles. The van der Waals surface area contributed by atoms with Gasteiger partial charge in [0, 0.05) is 16.1 Å². The van der Waals surface area contributed by atoms with Crippen LogP contribution >= 0.6 is 27.7 Å². The van der Waals surface area contributed by atoms with Crippen molar-refractivity contribution in [1.29, 1.82) is 0 Å². The van der Waals surface area contributed by atoms with Crippen LogP contribution in [0.2, 0.25) is 0 Å². The molecule has 0 saturated carbocycles. The number of nitrogens with zero attached hydrogens (tertiary/aromatic N) is 1. The van der Waals surface area contributed by atoms with Gasteiger partial charge in [0.2, 0.25) is 0 Å². The molecule has 0 bridgehead atoms. The maximum atomic E-state index is 12.9. The lowest BCUT2D eigenvalue weighted by molar-refractivity contribution is -0.124.